The predicted molar refractivity (Wildman–Crippen MR) is 110 cm³/mol. The van der Waals surface area contributed by atoms with Gasteiger partial charge in [0.05, 0.1) is 18.7 Å². The summed E-state index contributed by atoms with van der Waals surface area (Å²) in [7, 11) is 1.44. The first-order valence-electron chi connectivity index (χ1n) is 10.0. The van der Waals surface area contributed by atoms with Crippen LogP contribution in [0.25, 0.3) is 15.7 Å². The highest BCUT2D eigenvalue weighted by Crippen LogP contribution is 2.46. The van der Waals surface area contributed by atoms with Crippen molar-refractivity contribution in [2.45, 2.75) is 44.2 Å². The number of carbonyl (C=O) groups is 2. The molecule has 0 aliphatic carbocycles. The first kappa shape index (κ1) is 17.7. The Hall–Kier alpha value is -2.34. The number of rotatable bonds is 2. The van der Waals surface area contributed by atoms with Crippen molar-refractivity contribution in [1.82, 2.24) is 9.80 Å². The van der Waals surface area contributed by atoms with E-state index in [0.29, 0.717) is 5.57 Å². The number of nitrogens with zero attached hydrogens (tertiary/aromatic N) is 2. The summed E-state index contributed by atoms with van der Waals surface area (Å²) >= 11 is 1.72. The number of hydrogen-bond donors (Lipinski definition) is 0. The van der Waals surface area contributed by atoms with Crippen LogP contribution in [-0.4, -0.2) is 54.1 Å². The first-order chi connectivity index (χ1) is 13.7. The zero-order valence-corrected chi connectivity index (χ0v) is 16.8. The highest BCUT2D eigenvalue weighted by molar-refractivity contribution is 7.20. The Morgan fingerprint density at radius 2 is 1.93 bits per heavy atom. The molecule has 2 bridgehead atoms. The van der Waals surface area contributed by atoms with Gasteiger partial charge in [0.15, 0.2) is 0 Å². The number of carbonyl (C=O) groups excluding carboxylic acids is 2. The molecular formula is C22H24N2O3S. The van der Waals surface area contributed by atoms with E-state index in [1.807, 2.05) is 21.9 Å². The summed E-state index contributed by atoms with van der Waals surface area (Å²) in [6, 6.07) is 10.6. The van der Waals surface area contributed by atoms with Crippen molar-refractivity contribution < 1.29 is 14.3 Å². The molecule has 6 heteroatoms. The van der Waals surface area contributed by atoms with E-state index in [2.05, 4.69) is 18.2 Å². The Bertz CT molecular complexity index is 940. The maximum atomic E-state index is 13.2. The molecule has 0 radical (unpaired) electrons. The highest BCUT2D eigenvalue weighted by Gasteiger charge is 2.48. The van der Waals surface area contributed by atoms with E-state index < -0.39 is 0 Å². The third kappa shape index (κ3) is 2.73. The van der Waals surface area contributed by atoms with Crippen LogP contribution in [0.3, 0.4) is 0 Å². The van der Waals surface area contributed by atoms with Crippen LogP contribution < -0.4 is 0 Å². The summed E-state index contributed by atoms with van der Waals surface area (Å²) < 4.78 is 6.40. The minimum atomic E-state index is -0.294. The van der Waals surface area contributed by atoms with Crippen molar-refractivity contribution in [3.8, 4) is 0 Å². The van der Waals surface area contributed by atoms with Gasteiger partial charge in [0, 0.05) is 28.7 Å². The molecule has 5 nitrogen and oxygen atoms in total. The molecular weight excluding hydrogens is 372 g/mol. The molecule has 3 aliphatic heterocycles. The number of esters is 1. The number of benzene rings is 1. The van der Waals surface area contributed by atoms with Gasteiger partial charge in [-0.2, -0.15) is 0 Å². The molecule has 2 aromatic rings. The van der Waals surface area contributed by atoms with E-state index in [1.165, 1.54) is 17.2 Å². The average Bonchev–Trinajstić information content (AvgIpc) is 3.45. The lowest BCUT2D eigenvalue weighted by Crippen LogP contribution is -2.51. The Morgan fingerprint density at radius 1 is 1.14 bits per heavy atom. The van der Waals surface area contributed by atoms with Gasteiger partial charge < -0.3 is 14.5 Å². The molecule has 0 saturated carbocycles. The van der Waals surface area contributed by atoms with Crippen molar-refractivity contribution in [1.29, 1.82) is 0 Å². The molecule has 28 heavy (non-hydrogen) atoms. The van der Waals surface area contributed by atoms with Crippen LogP contribution in [0.1, 0.15) is 37.0 Å². The molecule has 1 aromatic carbocycles. The molecule has 2 saturated heterocycles. The average molecular weight is 397 g/mol. The van der Waals surface area contributed by atoms with Crippen molar-refractivity contribution in [2.24, 2.45) is 0 Å². The van der Waals surface area contributed by atoms with Gasteiger partial charge in [-0.3, -0.25) is 0 Å². The maximum absolute atomic E-state index is 13.2. The molecule has 0 unspecified atom stereocenters. The van der Waals surface area contributed by atoms with Crippen LogP contribution in [0.5, 0.6) is 0 Å². The van der Waals surface area contributed by atoms with E-state index >= 15 is 0 Å². The second kappa shape index (κ2) is 6.92. The van der Waals surface area contributed by atoms with Crippen molar-refractivity contribution >= 4 is 39.0 Å². The SMILES string of the molecule is COC(=O)C1=C(c2cc3ccccc3s2)C[C@@H]2CC[C@H]1N2C(=O)N1CCCC1. The van der Waals surface area contributed by atoms with Crippen LogP contribution in [0.4, 0.5) is 4.79 Å². The Balaban J connectivity index is 1.58. The summed E-state index contributed by atoms with van der Waals surface area (Å²) in [5, 5.41) is 1.20. The van der Waals surface area contributed by atoms with Gasteiger partial charge in [-0.1, -0.05) is 18.2 Å². The molecule has 5 rings (SSSR count). The Labute approximate surface area is 168 Å². The number of ether oxygens (including phenoxy) is 1. The van der Waals surface area contributed by atoms with Crippen LogP contribution in [0, 0.1) is 0 Å². The van der Waals surface area contributed by atoms with E-state index in [4.69, 9.17) is 4.74 Å². The summed E-state index contributed by atoms with van der Waals surface area (Å²) in [6.45, 7) is 1.66. The lowest BCUT2D eigenvalue weighted by atomic mass is 9.92. The molecule has 0 N–H and O–H groups in total. The molecule has 4 heterocycles. The lowest BCUT2D eigenvalue weighted by Gasteiger charge is -2.39. The standard InChI is InChI=1S/C22H24N2O3S/c1-27-21(25)20-16(19-12-14-6-2-3-7-18(14)28-19)13-15-8-9-17(20)24(15)22(26)23-10-4-5-11-23/h2-3,6-7,12,15,17H,4-5,8-11,13H2,1H3/t15-,17+/m0/s1. The van der Waals surface area contributed by atoms with Gasteiger partial charge >= 0.3 is 12.0 Å². The number of likely N-dealkylation sites (tertiary alicyclic amines) is 1. The fraction of sp³-hybridized carbons (Fsp3) is 0.455. The van der Waals surface area contributed by atoms with Gasteiger partial charge in [-0.25, -0.2) is 9.59 Å². The molecule has 1 aromatic heterocycles. The van der Waals surface area contributed by atoms with E-state index in [0.717, 1.165) is 55.6 Å². The third-order valence-corrected chi connectivity index (χ3v) is 7.50. The fourth-order valence-electron chi connectivity index (χ4n) is 5.01. The normalized spacial score (nSPS) is 24.3. The van der Waals surface area contributed by atoms with Gasteiger partial charge in [0.1, 0.15) is 0 Å². The predicted octanol–water partition coefficient (Wildman–Crippen LogP) is 4.28. The molecule has 3 aliphatic rings. The maximum Gasteiger partial charge on any atom is 0.336 e. The van der Waals surface area contributed by atoms with Crippen molar-refractivity contribution in [3.05, 3.63) is 40.8 Å². The zero-order valence-electron chi connectivity index (χ0n) is 16.0. The lowest BCUT2D eigenvalue weighted by molar-refractivity contribution is -0.136. The molecule has 0 spiro atoms. The molecule has 2 fully saturated rings. The zero-order chi connectivity index (χ0) is 19.3. The minimum absolute atomic E-state index is 0.0989. The van der Waals surface area contributed by atoms with Crippen LogP contribution in [-0.2, 0) is 9.53 Å². The van der Waals surface area contributed by atoms with Crippen LogP contribution in [0.15, 0.2) is 35.9 Å². The van der Waals surface area contributed by atoms with E-state index in [9.17, 15) is 9.59 Å². The summed E-state index contributed by atoms with van der Waals surface area (Å²) in [4.78, 5) is 31.1. The summed E-state index contributed by atoms with van der Waals surface area (Å²) in [6.07, 6.45) is 4.65. The second-order valence-corrected chi connectivity index (χ2v) is 8.95. The Kier molecular flexibility index (Phi) is 4.38. The fourth-order valence-corrected chi connectivity index (χ4v) is 6.14. The molecule has 2 atom stereocenters. The van der Waals surface area contributed by atoms with Crippen LogP contribution >= 0.6 is 11.3 Å². The largest absolute Gasteiger partial charge is 0.466 e. The minimum Gasteiger partial charge on any atom is -0.466 e. The number of hydrogen-bond acceptors (Lipinski definition) is 4. The number of amides is 2. The summed E-state index contributed by atoms with van der Waals surface area (Å²) in [5.41, 5.74) is 1.77. The topological polar surface area (TPSA) is 49.9 Å². The second-order valence-electron chi connectivity index (χ2n) is 7.87. The number of fused-ring (bicyclic) bond motifs is 3. The monoisotopic (exact) mass is 396 g/mol. The number of urea groups is 1. The van der Waals surface area contributed by atoms with Gasteiger partial charge in [-0.05, 0) is 55.2 Å². The van der Waals surface area contributed by atoms with Gasteiger partial charge in [-0.15, -0.1) is 11.3 Å². The third-order valence-electron chi connectivity index (χ3n) is 6.33. The molecule has 2 amide bonds. The Morgan fingerprint density at radius 3 is 2.68 bits per heavy atom. The van der Waals surface area contributed by atoms with Gasteiger partial charge in [0.2, 0.25) is 0 Å². The molecule has 146 valence electrons. The van der Waals surface area contributed by atoms with Crippen molar-refractivity contribution in [3.63, 3.8) is 0 Å². The highest BCUT2D eigenvalue weighted by atomic mass is 32.1. The quantitative estimate of drug-likeness (QED) is 0.712. The van der Waals surface area contributed by atoms with E-state index in [-0.39, 0.29) is 24.1 Å². The van der Waals surface area contributed by atoms with E-state index in [1.54, 1.807) is 11.3 Å². The number of methoxy groups -OCH3 is 1. The first-order valence-corrected chi connectivity index (χ1v) is 10.9. The van der Waals surface area contributed by atoms with Crippen molar-refractivity contribution in [2.75, 3.05) is 20.2 Å². The number of thiophene rings is 1. The smallest absolute Gasteiger partial charge is 0.336 e. The van der Waals surface area contributed by atoms with Crippen LogP contribution in [0.2, 0.25) is 0 Å². The van der Waals surface area contributed by atoms with Gasteiger partial charge in [0.25, 0.3) is 0 Å². The summed E-state index contributed by atoms with van der Waals surface area (Å²) in [5.74, 6) is -0.294.